The first kappa shape index (κ1) is 11.6. The van der Waals surface area contributed by atoms with Gasteiger partial charge in [-0.25, -0.2) is 18.2 Å². The van der Waals surface area contributed by atoms with Gasteiger partial charge in [0.05, 0.1) is 0 Å². The first-order chi connectivity index (χ1) is 6.73. The Bertz CT molecular complexity index is 372. The van der Waals surface area contributed by atoms with Crippen LogP contribution in [0.3, 0.4) is 0 Å². The first-order valence-electron chi connectivity index (χ1n) is 3.54. The largest absolute Gasteiger partial charge is 0.420 e. The maximum absolute atomic E-state index is 12.7. The van der Waals surface area contributed by atoms with E-state index in [0.29, 0.717) is 0 Å². The maximum Gasteiger partial charge on any atom is 0.420 e. The number of nitrogens with two attached hydrogens (primary N) is 1. The average Bonchev–Trinajstić information content (AvgIpc) is 2.06. The summed E-state index contributed by atoms with van der Waals surface area (Å²) < 4.78 is 73.0. The minimum Gasteiger partial charge on any atom is -0.383 e. The van der Waals surface area contributed by atoms with Crippen LogP contribution in [0, 0.1) is 5.82 Å². The van der Waals surface area contributed by atoms with Gasteiger partial charge >= 0.3 is 6.18 Å². The van der Waals surface area contributed by atoms with E-state index < -0.39 is 35.5 Å². The second-order valence-corrected chi connectivity index (χ2v) is 2.59. The highest BCUT2D eigenvalue weighted by atomic mass is 19.4. The molecular formula is C7H4F6N2. The van der Waals surface area contributed by atoms with E-state index in [4.69, 9.17) is 5.73 Å². The fourth-order valence-corrected chi connectivity index (χ4v) is 0.898. The van der Waals surface area contributed by atoms with E-state index in [1.54, 1.807) is 0 Å². The lowest BCUT2D eigenvalue weighted by Crippen LogP contribution is -2.13. The molecule has 1 aromatic rings. The van der Waals surface area contributed by atoms with Crippen LogP contribution in [0.25, 0.3) is 0 Å². The number of halogens is 6. The second-order valence-electron chi connectivity index (χ2n) is 2.59. The number of hydrogen-bond acceptors (Lipinski definition) is 2. The Morgan fingerprint density at radius 3 is 2.20 bits per heavy atom. The van der Waals surface area contributed by atoms with Gasteiger partial charge in [0.2, 0.25) is 0 Å². The van der Waals surface area contributed by atoms with Crippen molar-refractivity contribution in [2.75, 3.05) is 5.73 Å². The molecule has 8 heteroatoms. The molecule has 0 radical (unpaired) electrons. The number of rotatable bonds is 1. The Morgan fingerprint density at radius 2 is 1.80 bits per heavy atom. The van der Waals surface area contributed by atoms with Gasteiger partial charge in [0, 0.05) is 0 Å². The Labute approximate surface area is 79.7 Å². The summed E-state index contributed by atoms with van der Waals surface area (Å²) in [5.41, 5.74) is 1.83. The monoisotopic (exact) mass is 230 g/mol. The zero-order valence-corrected chi connectivity index (χ0v) is 6.95. The standard InChI is InChI=1S/C7H4F6N2/c8-3-1-2(7(11,12)13)6(14)15-4(3)5(9)10/h1,5H,(H2,14,15). The SMILES string of the molecule is Nc1nc(C(F)F)c(F)cc1C(F)(F)F. The van der Waals surface area contributed by atoms with Crippen molar-refractivity contribution in [3.05, 3.63) is 23.1 Å². The molecule has 0 saturated carbocycles. The first-order valence-corrected chi connectivity index (χ1v) is 3.54. The van der Waals surface area contributed by atoms with E-state index in [1.807, 2.05) is 0 Å². The third kappa shape index (κ3) is 2.31. The molecule has 0 bridgehead atoms. The number of hydrogen-bond donors (Lipinski definition) is 1. The van der Waals surface area contributed by atoms with Crippen LogP contribution in [-0.2, 0) is 6.18 Å². The molecule has 84 valence electrons. The Hall–Kier alpha value is -1.47. The minimum absolute atomic E-state index is 0.0934. The summed E-state index contributed by atoms with van der Waals surface area (Å²) in [5.74, 6) is -2.90. The molecule has 2 nitrogen and oxygen atoms in total. The predicted octanol–water partition coefficient (Wildman–Crippen LogP) is 2.76. The fraction of sp³-hybridized carbons (Fsp3) is 0.286. The van der Waals surface area contributed by atoms with Crippen molar-refractivity contribution in [1.82, 2.24) is 4.98 Å². The third-order valence-electron chi connectivity index (χ3n) is 1.54. The van der Waals surface area contributed by atoms with E-state index in [1.165, 1.54) is 0 Å². The summed E-state index contributed by atoms with van der Waals surface area (Å²) in [5, 5.41) is 0. The van der Waals surface area contributed by atoms with Crippen molar-refractivity contribution in [3.8, 4) is 0 Å². The van der Waals surface area contributed by atoms with Crippen molar-refractivity contribution < 1.29 is 26.3 Å². The van der Waals surface area contributed by atoms with Crippen LogP contribution < -0.4 is 5.73 Å². The molecule has 0 aliphatic rings. The molecule has 1 aromatic heterocycles. The molecule has 2 N–H and O–H groups in total. The van der Waals surface area contributed by atoms with Gasteiger partial charge in [0.1, 0.15) is 17.1 Å². The van der Waals surface area contributed by atoms with Crippen LogP contribution in [0.1, 0.15) is 17.7 Å². The van der Waals surface area contributed by atoms with Gasteiger partial charge in [-0.05, 0) is 6.07 Å². The number of anilines is 1. The van der Waals surface area contributed by atoms with Gasteiger partial charge in [0.25, 0.3) is 6.43 Å². The number of aromatic nitrogens is 1. The Morgan fingerprint density at radius 1 is 1.27 bits per heavy atom. The highest BCUT2D eigenvalue weighted by Gasteiger charge is 2.35. The molecule has 15 heavy (non-hydrogen) atoms. The van der Waals surface area contributed by atoms with Gasteiger partial charge in [-0.2, -0.15) is 13.2 Å². The third-order valence-corrected chi connectivity index (χ3v) is 1.54. The van der Waals surface area contributed by atoms with Crippen molar-refractivity contribution in [2.45, 2.75) is 12.6 Å². The lowest BCUT2D eigenvalue weighted by Gasteiger charge is -2.10. The molecule has 1 heterocycles. The molecule has 0 saturated heterocycles. The number of pyridine rings is 1. The van der Waals surface area contributed by atoms with Crippen molar-refractivity contribution in [1.29, 1.82) is 0 Å². The predicted molar refractivity (Wildman–Crippen MR) is 38.6 cm³/mol. The van der Waals surface area contributed by atoms with Crippen LogP contribution in [0.2, 0.25) is 0 Å². The molecular weight excluding hydrogens is 226 g/mol. The molecule has 0 atom stereocenters. The van der Waals surface area contributed by atoms with E-state index in [0.717, 1.165) is 0 Å². The maximum atomic E-state index is 12.7. The van der Waals surface area contributed by atoms with Crippen molar-refractivity contribution >= 4 is 5.82 Å². The zero-order chi connectivity index (χ0) is 11.8. The molecule has 1 rings (SSSR count). The van der Waals surface area contributed by atoms with Gasteiger partial charge in [-0.15, -0.1) is 0 Å². The van der Waals surface area contributed by atoms with Crippen molar-refractivity contribution in [2.24, 2.45) is 0 Å². The fourth-order valence-electron chi connectivity index (χ4n) is 0.898. The Kier molecular flexibility index (Phi) is 2.78. The molecule has 0 aliphatic heterocycles. The molecule has 0 unspecified atom stereocenters. The topological polar surface area (TPSA) is 38.9 Å². The normalized spacial score (nSPS) is 12.2. The second kappa shape index (κ2) is 3.59. The molecule has 0 amide bonds. The van der Waals surface area contributed by atoms with Gasteiger partial charge < -0.3 is 5.73 Å². The van der Waals surface area contributed by atoms with E-state index in [9.17, 15) is 26.3 Å². The lowest BCUT2D eigenvalue weighted by molar-refractivity contribution is -0.137. The van der Waals surface area contributed by atoms with Crippen LogP contribution in [0.5, 0.6) is 0 Å². The quantitative estimate of drug-likeness (QED) is 0.753. The smallest absolute Gasteiger partial charge is 0.383 e. The highest BCUT2D eigenvalue weighted by Crippen LogP contribution is 2.34. The number of nitrogens with zero attached hydrogens (tertiary/aromatic N) is 1. The molecule has 0 aliphatic carbocycles. The number of alkyl halides is 5. The summed E-state index contributed by atoms with van der Waals surface area (Å²) in [4.78, 5) is 2.67. The van der Waals surface area contributed by atoms with E-state index in [-0.39, 0.29) is 6.07 Å². The van der Waals surface area contributed by atoms with Gasteiger partial charge in [-0.3, -0.25) is 0 Å². The molecule has 0 spiro atoms. The van der Waals surface area contributed by atoms with Crippen LogP contribution in [-0.4, -0.2) is 4.98 Å². The average molecular weight is 230 g/mol. The highest BCUT2D eigenvalue weighted by molar-refractivity contribution is 5.43. The summed E-state index contributed by atoms with van der Waals surface area (Å²) in [6.45, 7) is 0. The molecule has 0 aromatic carbocycles. The Balaban J connectivity index is 3.32. The number of nitrogen functional groups attached to an aromatic ring is 1. The van der Waals surface area contributed by atoms with Crippen LogP contribution >= 0.6 is 0 Å². The van der Waals surface area contributed by atoms with E-state index >= 15 is 0 Å². The van der Waals surface area contributed by atoms with Gasteiger partial charge in [-0.1, -0.05) is 0 Å². The van der Waals surface area contributed by atoms with Crippen molar-refractivity contribution in [3.63, 3.8) is 0 Å². The molecule has 0 fully saturated rings. The summed E-state index contributed by atoms with van der Waals surface area (Å²) in [6, 6.07) is -0.0934. The van der Waals surface area contributed by atoms with Gasteiger partial charge in [0.15, 0.2) is 5.82 Å². The summed E-state index contributed by atoms with van der Waals surface area (Å²) >= 11 is 0. The lowest BCUT2D eigenvalue weighted by atomic mass is 10.2. The summed E-state index contributed by atoms with van der Waals surface area (Å²) in [6.07, 6.45) is -8.23. The minimum atomic E-state index is -4.92. The summed E-state index contributed by atoms with van der Waals surface area (Å²) in [7, 11) is 0. The van der Waals surface area contributed by atoms with Crippen LogP contribution in [0.4, 0.5) is 32.2 Å². The zero-order valence-electron chi connectivity index (χ0n) is 6.95. The van der Waals surface area contributed by atoms with Crippen LogP contribution in [0.15, 0.2) is 6.07 Å². The van der Waals surface area contributed by atoms with E-state index in [2.05, 4.69) is 4.98 Å².